The van der Waals surface area contributed by atoms with Gasteiger partial charge in [-0.2, -0.15) is 0 Å². The number of carbonyl (C=O) groups is 3. The van der Waals surface area contributed by atoms with Crippen LogP contribution in [-0.4, -0.2) is 75.1 Å². The molecule has 0 aliphatic heterocycles. The molecule has 1 aromatic rings. The molecule has 0 bridgehead atoms. The number of aliphatic hydroxyl groups is 3. The third-order valence-corrected chi connectivity index (χ3v) is 8.14. The fourth-order valence-corrected chi connectivity index (χ4v) is 6.40. The van der Waals surface area contributed by atoms with E-state index in [2.05, 4.69) is 19.2 Å². The number of aryl methyl sites for hydroxylation is 1. The van der Waals surface area contributed by atoms with E-state index in [1.807, 2.05) is 13.0 Å². The van der Waals surface area contributed by atoms with Crippen LogP contribution in [0.5, 0.6) is 5.75 Å². The number of nitrogens with two attached hydrogens (primary N) is 1. The van der Waals surface area contributed by atoms with Gasteiger partial charge in [-0.3, -0.25) is 19.3 Å². The number of nitrogens with zero attached hydrogens (tertiary/aromatic N) is 1. The van der Waals surface area contributed by atoms with Crippen molar-refractivity contribution in [2.75, 3.05) is 20.6 Å². The van der Waals surface area contributed by atoms with Crippen LogP contribution in [-0.2, 0) is 33.8 Å². The summed E-state index contributed by atoms with van der Waals surface area (Å²) < 4.78 is 0. The Kier molecular flexibility index (Phi) is 7.20. The number of ketones is 2. The zero-order valence-electron chi connectivity index (χ0n) is 22.5. The highest BCUT2D eigenvalue weighted by Crippen LogP contribution is 2.53. The molecule has 1 aromatic carbocycles. The summed E-state index contributed by atoms with van der Waals surface area (Å²) in [6.45, 7) is 7.17. The predicted octanol–water partition coefficient (Wildman–Crippen LogP) is 1.27. The minimum atomic E-state index is -2.63. The molecule has 206 valence electrons. The maximum Gasteiger partial charge on any atom is 0.255 e. The average molecular weight is 528 g/mol. The highest BCUT2D eigenvalue weighted by Gasteiger charge is 2.64. The van der Waals surface area contributed by atoms with Crippen LogP contribution in [0.2, 0.25) is 0 Å². The summed E-state index contributed by atoms with van der Waals surface area (Å²) in [7, 11) is 3.16. The number of hydrogen-bond donors (Lipinski definition) is 6. The minimum absolute atomic E-state index is 0.0768. The number of rotatable bonds is 7. The Morgan fingerprint density at radius 3 is 2.42 bits per heavy atom. The van der Waals surface area contributed by atoms with E-state index in [1.165, 1.54) is 4.90 Å². The number of phenolic OH excluding ortho intramolecular Hbond substituents is 1. The molecular formula is C28H37N3O7. The molecule has 0 spiro atoms. The van der Waals surface area contributed by atoms with Crippen molar-refractivity contribution in [3.05, 3.63) is 45.2 Å². The molecule has 0 saturated heterocycles. The lowest BCUT2D eigenvalue weighted by molar-refractivity contribution is -0.153. The van der Waals surface area contributed by atoms with Gasteiger partial charge in [0.25, 0.3) is 5.91 Å². The first-order valence-electron chi connectivity index (χ1n) is 13.0. The Labute approximate surface area is 221 Å². The lowest BCUT2D eigenvalue weighted by Crippen LogP contribution is -2.65. The van der Waals surface area contributed by atoms with Gasteiger partial charge in [-0.1, -0.05) is 26.8 Å². The van der Waals surface area contributed by atoms with Crippen molar-refractivity contribution in [2.45, 2.75) is 58.2 Å². The number of benzene rings is 1. The lowest BCUT2D eigenvalue weighted by atomic mass is 9.57. The third-order valence-electron chi connectivity index (χ3n) is 8.14. The highest BCUT2D eigenvalue weighted by molar-refractivity contribution is 6.24. The fraction of sp³-hybridized carbons (Fsp3) is 0.536. The molecule has 0 unspecified atom stereocenters. The molecule has 0 heterocycles. The van der Waals surface area contributed by atoms with Crippen LogP contribution >= 0.6 is 0 Å². The third kappa shape index (κ3) is 4.02. The normalized spacial score (nSPS) is 27.1. The second-order valence-electron chi connectivity index (χ2n) is 11.2. The Hall–Kier alpha value is -3.21. The number of primary amides is 1. The van der Waals surface area contributed by atoms with Gasteiger partial charge in [-0.25, -0.2) is 0 Å². The molecule has 1 fully saturated rings. The van der Waals surface area contributed by atoms with Gasteiger partial charge >= 0.3 is 0 Å². The SMILES string of the molecule is CCc1cc(CNCC(C)C)c(O)c2c1C[C@H]1C[C@H]3[C@@H](N(C)C)C(=O)C(C(N)=O)=C(O)[C@@]3(O)C(=O)C1=C2O. The van der Waals surface area contributed by atoms with Crippen LogP contribution < -0.4 is 11.1 Å². The molecule has 0 radical (unpaired) electrons. The largest absolute Gasteiger partial charge is 0.508 e. The van der Waals surface area contributed by atoms with Gasteiger partial charge in [0.15, 0.2) is 11.4 Å². The number of aromatic hydroxyl groups is 1. The number of fused-ring (bicyclic) bond motifs is 3. The lowest BCUT2D eigenvalue weighted by Gasteiger charge is -2.50. The zero-order valence-corrected chi connectivity index (χ0v) is 22.5. The van der Waals surface area contributed by atoms with Crippen molar-refractivity contribution >= 4 is 23.2 Å². The second-order valence-corrected chi connectivity index (χ2v) is 11.2. The van der Waals surface area contributed by atoms with Crippen LogP contribution in [0.3, 0.4) is 0 Å². The van der Waals surface area contributed by atoms with Crippen LogP contribution in [0.1, 0.15) is 49.4 Å². The van der Waals surface area contributed by atoms with E-state index in [0.717, 1.165) is 12.1 Å². The number of Topliss-reactive ketones (excluding diaryl/α,β-unsaturated/α-hetero) is 2. The molecule has 10 heteroatoms. The zero-order chi connectivity index (χ0) is 28.3. The van der Waals surface area contributed by atoms with Crippen LogP contribution in [0.15, 0.2) is 23.0 Å². The van der Waals surface area contributed by atoms with Gasteiger partial charge in [0, 0.05) is 23.6 Å². The van der Waals surface area contributed by atoms with Gasteiger partial charge in [0.2, 0.25) is 5.78 Å². The second kappa shape index (κ2) is 9.83. The molecule has 38 heavy (non-hydrogen) atoms. The van der Waals surface area contributed by atoms with E-state index in [1.54, 1.807) is 14.1 Å². The van der Waals surface area contributed by atoms with E-state index in [0.29, 0.717) is 36.4 Å². The van der Waals surface area contributed by atoms with E-state index >= 15 is 0 Å². The predicted molar refractivity (Wildman–Crippen MR) is 140 cm³/mol. The maximum atomic E-state index is 13.9. The summed E-state index contributed by atoms with van der Waals surface area (Å²) in [5, 5.41) is 48.6. The number of carbonyl (C=O) groups excluding carboxylic acids is 3. The summed E-state index contributed by atoms with van der Waals surface area (Å²) in [4.78, 5) is 40.7. The number of likely N-dealkylation sites (N-methyl/N-ethyl adjacent to an activating group) is 1. The van der Waals surface area contributed by atoms with Crippen molar-refractivity contribution in [3.63, 3.8) is 0 Å². The molecule has 4 rings (SSSR count). The van der Waals surface area contributed by atoms with Crippen molar-refractivity contribution in [1.29, 1.82) is 0 Å². The van der Waals surface area contributed by atoms with Crippen LogP contribution in [0.4, 0.5) is 0 Å². The number of hydrogen-bond acceptors (Lipinski definition) is 9. The molecule has 3 aliphatic carbocycles. The summed E-state index contributed by atoms with van der Waals surface area (Å²) >= 11 is 0. The maximum absolute atomic E-state index is 13.9. The van der Waals surface area contributed by atoms with E-state index in [9.17, 15) is 34.8 Å². The highest BCUT2D eigenvalue weighted by atomic mass is 16.3. The molecule has 7 N–H and O–H groups in total. The van der Waals surface area contributed by atoms with Crippen LogP contribution in [0.25, 0.3) is 5.76 Å². The van der Waals surface area contributed by atoms with Gasteiger partial charge in [-0.05, 0) is 62.9 Å². The first-order chi connectivity index (χ1) is 17.8. The minimum Gasteiger partial charge on any atom is -0.508 e. The molecule has 1 amide bonds. The van der Waals surface area contributed by atoms with Crippen molar-refractivity contribution < 1.29 is 34.8 Å². The quantitative estimate of drug-likeness (QED) is 0.285. The first-order valence-corrected chi connectivity index (χ1v) is 13.0. The van der Waals surface area contributed by atoms with Gasteiger partial charge in [0.1, 0.15) is 22.8 Å². The molecule has 10 nitrogen and oxygen atoms in total. The first kappa shape index (κ1) is 27.8. The summed E-state index contributed by atoms with van der Waals surface area (Å²) in [6.07, 6.45) is 0.999. The number of nitrogens with one attached hydrogen (secondary N) is 1. The Balaban J connectivity index is 1.91. The van der Waals surface area contributed by atoms with Crippen LogP contribution in [0, 0.1) is 17.8 Å². The Bertz CT molecular complexity index is 1280. The van der Waals surface area contributed by atoms with Crippen molar-refractivity contribution in [2.24, 2.45) is 23.5 Å². The van der Waals surface area contributed by atoms with Crippen molar-refractivity contribution in [1.82, 2.24) is 10.2 Å². The molecule has 4 atom stereocenters. The van der Waals surface area contributed by atoms with Gasteiger partial charge < -0.3 is 31.5 Å². The van der Waals surface area contributed by atoms with Gasteiger partial charge in [0.05, 0.1) is 11.6 Å². The number of phenols is 1. The number of amides is 1. The average Bonchev–Trinajstić information content (AvgIpc) is 2.82. The summed E-state index contributed by atoms with van der Waals surface area (Å²) in [6, 6.07) is 0.808. The van der Waals surface area contributed by atoms with E-state index in [-0.39, 0.29) is 23.3 Å². The summed E-state index contributed by atoms with van der Waals surface area (Å²) in [5.74, 6) is -5.98. The van der Waals surface area contributed by atoms with Gasteiger partial charge in [-0.15, -0.1) is 0 Å². The Morgan fingerprint density at radius 2 is 1.87 bits per heavy atom. The smallest absolute Gasteiger partial charge is 0.255 e. The van der Waals surface area contributed by atoms with E-state index in [4.69, 9.17) is 5.73 Å². The van der Waals surface area contributed by atoms with E-state index < -0.39 is 58.0 Å². The molecule has 1 saturated carbocycles. The molecule has 3 aliphatic rings. The number of aliphatic hydroxyl groups excluding tert-OH is 2. The molecular weight excluding hydrogens is 490 g/mol. The molecule has 0 aromatic heterocycles. The topological polar surface area (TPSA) is 173 Å². The standard InChI is InChI=1S/C28H37N3O7/c1-6-13-7-15(11-30-10-12(2)3)22(32)19-16(13)8-14-9-17-21(31(4)5)24(34)20(27(29)37)26(36)28(17,38)25(35)18(14)23(19)33/h7,12,14,17,21,30,32-33,36,38H,6,8-11H2,1-5H3,(H2,29,37)/t14-,17-,21+,28-/m0/s1. The summed E-state index contributed by atoms with van der Waals surface area (Å²) in [5.41, 5.74) is 4.12. The fourth-order valence-electron chi connectivity index (χ4n) is 6.40. The monoisotopic (exact) mass is 527 g/mol. The Morgan fingerprint density at radius 1 is 1.21 bits per heavy atom. The van der Waals surface area contributed by atoms with Crippen molar-refractivity contribution in [3.8, 4) is 5.75 Å².